The van der Waals surface area contributed by atoms with Gasteiger partial charge in [-0.1, -0.05) is 6.92 Å². The summed E-state index contributed by atoms with van der Waals surface area (Å²) >= 11 is 3.22. The van der Waals surface area contributed by atoms with Gasteiger partial charge in [0.25, 0.3) is 5.88 Å². The van der Waals surface area contributed by atoms with Gasteiger partial charge in [-0.05, 0) is 40.7 Å². The number of halogens is 3. The normalized spacial score (nSPS) is 10.6. The van der Waals surface area contributed by atoms with Crippen LogP contribution in [0.25, 0.3) is 0 Å². The molecular formula is C14H13BrF2N2O. The van der Waals surface area contributed by atoms with Crippen LogP contribution in [0.15, 0.2) is 34.9 Å². The summed E-state index contributed by atoms with van der Waals surface area (Å²) in [7, 11) is 0. The zero-order valence-electron chi connectivity index (χ0n) is 10.8. The third-order valence-electron chi connectivity index (χ3n) is 2.60. The number of pyridine rings is 1. The molecule has 0 bridgehead atoms. The van der Waals surface area contributed by atoms with E-state index in [1.54, 1.807) is 6.07 Å². The first-order valence-electron chi connectivity index (χ1n) is 6.08. The van der Waals surface area contributed by atoms with Crippen molar-refractivity contribution in [2.24, 2.45) is 0 Å². The Balaban J connectivity index is 2.27. The van der Waals surface area contributed by atoms with E-state index >= 15 is 0 Å². The lowest BCUT2D eigenvalue weighted by atomic mass is 10.2. The largest absolute Gasteiger partial charge is 0.435 e. The first-order chi connectivity index (χ1) is 9.61. The molecule has 6 heteroatoms. The molecule has 0 aliphatic carbocycles. The molecule has 0 radical (unpaired) electrons. The Morgan fingerprint density at radius 3 is 2.85 bits per heavy atom. The molecule has 0 saturated carbocycles. The van der Waals surface area contributed by atoms with Gasteiger partial charge in [0.05, 0.1) is 4.47 Å². The summed E-state index contributed by atoms with van der Waals surface area (Å²) in [4.78, 5) is 3.84. The quantitative estimate of drug-likeness (QED) is 0.890. The maximum atomic E-state index is 14.2. The zero-order valence-corrected chi connectivity index (χ0v) is 12.4. The second kappa shape index (κ2) is 6.76. The van der Waals surface area contributed by atoms with Gasteiger partial charge in [0.1, 0.15) is 11.6 Å². The van der Waals surface area contributed by atoms with Crippen molar-refractivity contribution < 1.29 is 13.5 Å². The predicted molar refractivity (Wildman–Crippen MR) is 75.7 cm³/mol. The Morgan fingerprint density at radius 2 is 2.10 bits per heavy atom. The van der Waals surface area contributed by atoms with Crippen molar-refractivity contribution in [2.45, 2.75) is 13.5 Å². The predicted octanol–water partition coefficient (Wildman–Crippen LogP) is 4.02. The molecule has 0 fully saturated rings. The van der Waals surface area contributed by atoms with E-state index in [-0.39, 0.29) is 11.6 Å². The average Bonchev–Trinajstić information content (AvgIpc) is 2.44. The molecular weight excluding hydrogens is 330 g/mol. The summed E-state index contributed by atoms with van der Waals surface area (Å²) in [5, 5.41) is 3.02. The molecule has 0 saturated heterocycles. The third kappa shape index (κ3) is 3.52. The van der Waals surface area contributed by atoms with Gasteiger partial charge < -0.3 is 10.1 Å². The fourth-order valence-electron chi connectivity index (χ4n) is 1.59. The van der Waals surface area contributed by atoms with E-state index in [0.717, 1.165) is 6.54 Å². The van der Waals surface area contributed by atoms with Crippen LogP contribution in [0.4, 0.5) is 8.78 Å². The van der Waals surface area contributed by atoms with Gasteiger partial charge in [-0.2, -0.15) is 0 Å². The SMILES string of the molecule is CCNCc1ccnc(Oc2cc(F)ccc2Br)c1F. The first-order valence-corrected chi connectivity index (χ1v) is 6.88. The molecule has 1 heterocycles. The Labute approximate surface area is 124 Å². The molecule has 2 aromatic rings. The van der Waals surface area contributed by atoms with Crippen molar-refractivity contribution in [1.29, 1.82) is 0 Å². The second-order valence-electron chi connectivity index (χ2n) is 4.05. The summed E-state index contributed by atoms with van der Waals surface area (Å²) in [6, 6.07) is 5.51. The van der Waals surface area contributed by atoms with E-state index in [1.165, 1.54) is 24.4 Å². The molecule has 0 amide bonds. The van der Waals surface area contributed by atoms with Crippen molar-refractivity contribution in [1.82, 2.24) is 10.3 Å². The highest BCUT2D eigenvalue weighted by Gasteiger charge is 2.13. The number of nitrogens with one attached hydrogen (secondary N) is 1. The Hall–Kier alpha value is -1.53. The van der Waals surface area contributed by atoms with Crippen molar-refractivity contribution >= 4 is 15.9 Å². The van der Waals surface area contributed by atoms with Gasteiger partial charge in [0, 0.05) is 24.4 Å². The van der Waals surface area contributed by atoms with Gasteiger partial charge in [-0.25, -0.2) is 13.8 Å². The zero-order chi connectivity index (χ0) is 14.5. The van der Waals surface area contributed by atoms with Gasteiger partial charge in [-0.15, -0.1) is 0 Å². The molecule has 106 valence electrons. The van der Waals surface area contributed by atoms with E-state index in [4.69, 9.17) is 4.74 Å². The molecule has 0 unspecified atom stereocenters. The molecule has 1 aromatic heterocycles. The van der Waals surface area contributed by atoms with Crippen LogP contribution in [-0.4, -0.2) is 11.5 Å². The standard InChI is InChI=1S/C14H13BrF2N2O/c1-2-18-8-9-5-6-19-14(13(9)17)20-12-7-10(16)3-4-11(12)15/h3-7,18H,2,8H2,1H3. The van der Waals surface area contributed by atoms with E-state index in [9.17, 15) is 8.78 Å². The number of hydrogen-bond donors (Lipinski definition) is 1. The smallest absolute Gasteiger partial charge is 0.256 e. The van der Waals surface area contributed by atoms with Gasteiger partial charge >= 0.3 is 0 Å². The number of ether oxygens (including phenoxy) is 1. The summed E-state index contributed by atoms with van der Waals surface area (Å²) in [6.07, 6.45) is 1.46. The minimum Gasteiger partial charge on any atom is -0.435 e. The van der Waals surface area contributed by atoms with E-state index in [1.807, 2.05) is 6.92 Å². The molecule has 1 aromatic carbocycles. The van der Waals surface area contributed by atoms with E-state index < -0.39 is 11.6 Å². The third-order valence-corrected chi connectivity index (χ3v) is 3.26. The maximum Gasteiger partial charge on any atom is 0.256 e. The van der Waals surface area contributed by atoms with E-state index in [2.05, 4.69) is 26.2 Å². The van der Waals surface area contributed by atoms with Crippen LogP contribution in [-0.2, 0) is 6.54 Å². The van der Waals surface area contributed by atoms with Crippen LogP contribution in [0.3, 0.4) is 0 Å². The van der Waals surface area contributed by atoms with Crippen molar-refractivity contribution in [3.05, 3.63) is 52.1 Å². The van der Waals surface area contributed by atoms with Gasteiger partial charge in [-0.3, -0.25) is 0 Å². The van der Waals surface area contributed by atoms with Crippen molar-refractivity contribution in [2.75, 3.05) is 6.54 Å². The number of rotatable bonds is 5. The van der Waals surface area contributed by atoms with Crippen molar-refractivity contribution in [3.63, 3.8) is 0 Å². The number of hydrogen-bond acceptors (Lipinski definition) is 3. The summed E-state index contributed by atoms with van der Waals surface area (Å²) in [5.74, 6) is -1.01. The van der Waals surface area contributed by atoms with E-state index in [0.29, 0.717) is 16.6 Å². The number of aromatic nitrogens is 1. The fraction of sp³-hybridized carbons (Fsp3) is 0.214. The van der Waals surface area contributed by atoms with Crippen LogP contribution in [0.5, 0.6) is 11.6 Å². The van der Waals surface area contributed by atoms with Crippen molar-refractivity contribution in [3.8, 4) is 11.6 Å². The topological polar surface area (TPSA) is 34.2 Å². The molecule has 20 heavy (non-hydrogen) atoms. The number of nitrogens with zero attached hydrogens (tertiary/aromatic N) is 1. The van der Waals surface area contributed by atoms with Gasteiger partial charge in [0.2, 0.25) is 0 Å². The Morgan fingerprint density at radius 1 is 1.30 bits per heavy atom. The molecule has 2 rings (SSSR count). The molecule has 0 aliphatic heterocycles. The monoisotopic (exact) mass is 342 g/mol. The van der Waals surface area contributed by atoms with Crippen LogP contribution in [0.2, 0.25) is 0 Å². The Kier molecular flexibility index (Phi) is 5.03. The van der Waals surface area contributed by atoms with Crippen LogP contribution in [0, 0.1) is 11.6 Å². The molecule has 0 atom stereocenters. The summed E-state index contributed by atoms with van der Waals surface area (Å²) in [6.45, 7) is 3.04. The lowest BCUT2D eigenvalue weighted by molar-refractivity contribution is 0.413. The summed E-state index contributed by atoms with van der Waals surface area (Å²) in [5.41, 5.74) is 0.448. The van der Waals surface area contributed by atoms with Crippen LogP contribution >= 0.6 is 15.9 Å². The highest BCUT2D eigenvalue weighted by Crippen LogP contribution is 2.31. The molecule has 3 nitrogen and oxygen atoms in total. The molecule has 0 spiro atoms. The molecule has 0 aliphatic rings. The second-order valence-corrected chi connectivity index (χ2v) is 4.90. The maximum absolute atomic E-state index is 14.2. The molecule has 1 N–H and O–H groups in total. The highest BCUT2D eigenvalue weighted by molar-refractivity contribution is 9.10. The highest BCUT2D eigenvalue weighted by atomic mass is 79.9. The minimum absolute atomic E-state index is 0.174. The summed E-state index contributed by atoms with van der Waals surface area (Å²) < 4.78 is 33.2. The first kappa shape index (κ1) is 14.9. The average molecular weight is 343 g/mol. The lowest BCUT2D eigenvalue weighted by Crippen LogP contribution is -2.13. The van der Waals surface area contributed by atoms with Crippen LogP contribution in [0.1, 0.15) is 12.5 Å². The minimum atomic E-state index is -0.551. The van der Waals surface area contributed by atoms with Gasteiger partial charge in [0.15, 0.2) is 5.82 Å². The number of benzene rings is 1. The fourth-order valence-corrected chi connectivity index (χ4v) is 1.92. The lowest BCUT2D eigenvalue weighted by Gasteiger charge is -2.10. The Bertz CT molecular complexity index is 608. The van der Waals surface area contributed by atoms with Crippen LogP contribution < -0.4 is 10.1 Å².